The van der Waals surface area contributed by atoms with Crippen molar-refractivity contribution in [1.82, 2.24) is 20.1 Å². The van der Waals surface area contributed by atoms with Crippen molar-refractivity contribution in [3.8, 4) is 0 Å². The number of rotatable bonds is 3. The molecule has 0 amide bonds. The molecule has 0 saturated heterocycles. The Balaban J connectivity index is 1.67. The highest BCUT2D eigenvalue weighted by atomic mass is 15.3. The van der Waals surface area contributed by atoms with Crippen LogP contribution in [0.15, 0.2) is 12.3 Å². The average molecular weight is 273 g/mol. The molecule has 1 fully saturated rings. The van der Waals surface area contributed by atoms with Crippen LogP contribution in [-0.4, -0.2) is 26.8 Å². The zero-order valence-electron chi connectivity index (χ0n) is 12.3. The molecular formula is C15H23N5. The predicted octanol–water partition coefficient (Wildman–Crippen LogP) is 1.64. The summed E-state index contributed by atoms with van der Waals surface area (Å²) in [5, 5.41) is 9.19. The Morgan fingerprint density at radius 3 is 2.85 bits per heavy atom. The van der Waals surface area contributed by atoms with Gasteiger partial charge in [-0.1, -0.05) is 0 Å². The van der Waals surface area contributed by atoms with Gasteiger partial charge in [0, 0.05) is 37.3 Å². The fraction of sp³-hybridized carbons (Fsp3) is 0.600. The molecule has 3 rings (SSSR count). The van der Waals surface area contributed by atoms with E-state index in [1.807, 2.05) is 24.9 Å². The number of hydrogen-bond donors (Lipinski definition) is 2. The maximum absolute atomic E-state index is 5.94. The summed E-state index contributed by atoms with van der Waals surface area (Å²) < 4.78 is 1.84. The first-order chi connectivity index (χ1) is 9.63. The lowest BCUT2D eigenvalue weighted by Gasteiger charge is -2.26. The van der Waals surface area contributed by atoms with Crippen molar-refractivity contribution in [3.05, 3.63) is 23.5 Å². The van der Waals surface area contributed by atoms with Crippen molar-refractivity contribution in [3.63, 3.8) is 0 Å². The zero-order valence-corrected chi connectivity index (χ0v) is 12.3. The first kappa shape index (κ1) is 13.5. The van der Waals surface area contributed by atoms with Gasteiger partial charge in [0.2, 0.25) is 0 Å². The molecule has 108 valence electrons. The molecule has 0 spiro atoms. The lowest BCUT2D eigenvalue weighted by molar-refractivity contribution is 0.342. The van der Waals surface area contributed by atoms with Gasteiger partial charge in [-0.25, -0.2) is 4.98 Å². The monoisotopic (exact) mass is 273 g/mol. The number of nitrogens with two attached hydrogens (primary N) is 1. The van der Waals surface area contributed by atoms with Crippen molar-refractivity contribution in [2.45, 2.75) is 51.2 Å². The third-order valence-electron chi connectivity index (χ3n) is 4.29. The normalized spacial score (nSPS) is 23.4. The smallest absolute Gasteiger partial charge is 0.157 e. The Morgan fingerprint density at radius 1 is 1.35 bits per heavy atom. The van der Waals surface area contributed by atoms with Gasteiger partial charge in [0.25, 0.3) is 0 Å². The second-order valence-electron chi connectivity index (χ2n) is 5.92. The Morgan fingerprint density at radius 2 is 2.10 bits per heavy atom. The van der Waals surface area contributed by atoms with E-state index in [1.54, 1.807) is 0 Å². The van der Waals surface area contributed by atoms with Crippen LogP contribution in [0.1, 0.15) is 36.9 Å². The maximum atomic E-state index is 5.94. The summed E-state index contributed by atoms with van der Waals surface area (Å²) in [5.41, 5.74) is 9.16. The minimum absolute atomic E-state index is 0.407. The summed E-state index contributed by atoms with van der Waals surface area (Å²) in [4.78, 5) is 4.52. The zero-order chi connectivity index (χ0) is 14.1. The number of aromatic nitrogens is 3. The van der Waals surface area contributed by atoms with Crippen LogP contribution >= 0.6 is 0 Å². The molecule has 0 aromatic carbocycles. The van der Waals surface area contributed by atoms with Crippen LogP contribution < -0.4 is 11.1 Å². The largest absolute Gasteiger partial charge is 0.328 e. The molecule has 5 heteroatoms. The third kappa shape index (κ3) is 2.69. The second kappa shape index (κ2) is 5.50. The van der Waals surface area contributed by atoms with Crippen molar-refractivity contribution < 1.29 is 0 Å². The molecule has 2 heterocycles. The molecule has 3 N–H and O–H groups in total. The third-order valence-corrected chi connectivity index (χ3v) is 4.29. The topological polar surface area (TPSA) is 68.8 Å². The van der Waals surface area contributed by atoms with Crippen molar-refractivity contribution in [2.75, 3.05) is 0 Å². The standard InChI is InChI=1S/C15H23N5/c1-10-14-7-11(9-18-15(14)20(2)19-10)8-17-13-5-3-12(16)4-6-13/h7,9,12-13,17H,3-6,8,16H2,1-2H3. The minimum Gasteiger partial charge on any atom is -0.328 e. The molecule has 20 heavy (non-hydrogen) atoms. The molecule has 0 bridgehead atoms. The van der Waals surface area contributed by atoms with Gasteiger partial charge in [-0.15, -0.1) is 0 Å². The number of nitrogens with zero attached hydrogens (tertiary/aromatic N) is 3. The summed E-state index contributed by atoms with van der Waals surface area (Å²) in [6.07, 6.45) is 6.59. The molecule has 0 aliphatic heterocycles. The van der Waals surface area contributed by atoms with E-state index in [4.69, 9.17) is 5.73 Å². The van der Waals surface area contributed by atoms with E-state index in [0.717, 1.165) is 36.1 Å². The van der Waals surface area contributed by atoms with Crippen molar-refractivity contribution in [1.29, 1.82) is 0 Å². The molecular weight excluding hydrogens is 250 g/mol. The van der Waals surface area contributed by atoms with E-state index in [2.05, 4.69) is 21.5 Å². The summed E-state index contributed by atoms with van der Waals surface area (Å²) in [5.74, 6) is 0. The Labute approximate surface area is 119 Å². The number of pyridine rings is 1. The van der Waals surface area contributed by atoms with E-state index >= 15 is 0 Å². The highest BCUT2D eigenvalue weighted by molar-refractivity contribution is 5.78. The Hall–Kier alpha value is -1.46. The number of nitrogens with one attached hydrogen (secondary N) is 1. The first-order valence-electron chi connectivity index (χ1n) is 7.40. The van der Waals surface area contributed by atoms with E-state index in [-0.39, 0.29) is 0 Å². The molecule has 5 nitrogen and oxygen atoms in total. The fourth-order valence-electron chi connectivity index (χ4n) is 3.03. The molecule has 0 atom stereocenters. The van der Waals surface area contributed by atoms with Crippen molar-refractivity contribution in [2.24, 2.45) is 12.8 Å². The molecule has 0 unspecified atom stereocenters. The lowest BCUT2D eigenvalue weighted by Crippen LogP contribution is -2.37. The molecule has 1 aliphatic rings. The molecule has 0 radical (unpaired) electrons. The van der Waals surface area contributed by atoms with E-state index in [9.17, 15) is 0 Å². The molecule has 2 aromatic rings. The van der Waals surface area contributed by atoms with Gasteiger partial charge in [-0.3, -0.25) is 4.68 Å². The van der Waals surface area contributed by atoms with Gasteiger partial charge >= 0.3 is 0 Å². The Bertz CT molecular complexity index is 596. The maximum Gasteiger partial charge on any atom is 0.157 e. The average Bonchev–Trinajstić information content (AvgIpc) is 2.73. The van der Waals surface area contributed by atoms with Crippen LogP contribution in [0.5, 0.6) is 0 Å². The van der Waals surface area contributed by atoms with Crippen LogP contribution in [0.4, 0.5) is 0 Å². The van der Waals surface area contributed by atoms with Crippen LogP contribution in [0, 0.1) is 6.92 Å². The van der Waals surface area contributed by atoms with Crippen LogP contribution in [0.3, 0.4) is 0 Å². The van der Waals surface area contributed by atoms with Gasteiger partial charge in [-0.05, 0) is 44.2 Å². The van der Waals surface area contributed by atoms with Gasteiger partial charge in [-0.2, -0.15) is 5.10 Å². The highest BCUT2D eigenvalue weighted by Crippen LogP contribution is 2.19. The fourth-order valence-corrected chi connectivity index (χ4v) is 3.03. The summed E-state index contributed by atoms with van der Waals surface area (Å²) in [6, 6.07) is 3.20. The van der Waals surface area contributed by atoms with Gasteiger partial charge in [0.15, 0.2) is 5.65 Å². The van der Waals surface area contributed by atoms with Crippen molar-refractivity contribution >= 4 is 11.0 Å². The summed E-state index contributed by atoms with van der Waals surface area (Å²) in [7, 11) is 1.94. The second-order valence-corrected chi connectivity index (χ2v) is 5.92. The summed E-state index contributed by atoms with van der Waals surface area (Å²) in [6.45, 7) is 2.90. The van der Waals surface area contributed by atoms with Crippen LogP contribution in [0.25, 0.3) is 11.0 Å². The number of fused-ring (bicyclic) bond motifs is 1. The summed E-state index contributed by atoms with van der Waals surface area (Å²) >= 11 is 0. The van der Waals surface area contributed by atoms with Crippen LogP contribution in [0.2, 0.25) is 0 Å². The van der Waals surface area contributed by atoms with E-state index in [1.165, 1.54) is 18.4 Å². The predicted molar refractivity (Wildman–Crippen MR) is 80.3 cm³/mol. The molecule has 2 aromatic heterocycles. The van der Waals surface area contributed by atoms with Gasteiger partial charge in [0.1, 0.15) is 0 Å². The SMILES string of the molecule is Cc1nn(C)c2ncc(CNC3CCC(N)CC3)cc12. The quantitative estimate of drug-likeness (QED) is 0.892. The van der Waals surface area contributed by atoms with Gasteiger partial charge in [0.05, 0.1) is 5.69 Å². The first-order valence-corrected chi connectivity index (χ1v) is 7.40. The molecule has 1 saturated carbocycles. The van der Waals surface area contributed by atoms with Gasteiger partial charge < -0.3 is 11.1 Å². The lowest BCUT2D eigenvalue weighted by atomic mass is 9.92. The minimum atomic E-state index is 0.407. The Kier molecular flexibility index (Phi) is 3.72. The highest BCUT2D eigenvalue weighted by Gasteiger charge is 2.17. The van der Waals surface area contributed by atoms with E-state index < -0.39 is 0 Å². The van der Waals surface area contributed by atoms with E-state index in [0.29, 0.717) is 12.1 Å². The van der Waals surface area contributed by atoms with Crippen LogP contribution in [-0.2, 0) is 13.6 Å². The number of hydrogen-bond acceptors (Lipinski definition) is 4. The number of aryl methyl sites for hydroxylation is 2. The molecule has 1 aliphatic carbocycles.